The first-order valence-corrected chi connectivity index (χ1v) is 9.47. The van der Waals surface area contributed by atoms with Gasteiger partial charge in [-0.15, -0.1) is 0 Å². The fraction of sp³-hybridized carbons (Fsp3) is 0.500. The van der Waals surface area contributed by atoms with Crippen LogP contribution in [0.25, 0.3) is 0 Å². The zero-order valence-corrected chi connectivity index (χ0v) is 13.3. The molecule has 1 rings (SSSR count). The Morgan fingerprint density at radius 1 is 1.24 bits per heavy atom. The van der Waals surface area contributed by atoms with Crippen LogP contribution in [0.2, 0.25) is 0 Å². The molecular weight excluding hydrogens is 316 g/mol. The second-order valence-corrected chi connectivity index (χ2v) is 7.99. The molecule has 0 spiro atoms. The highest BCUT2D eigenvalue weighted by Crippen LogP contribution is 2.15. The normalized spacial score (nSPS) is 14.0. The van der Waals surface area contributed by atoms with E-state index in [2.05, 4.69) is 4.72 Å². The second kappa shape index (κ2) is 7.32. The van der Waals surface area contributed by atoms with Crippen molar-refractivity contribution in [2.24, 2.45) is 11.1 Å². The third kappa shape index (κ3) is 5.36. The van der Waals surface area contributed by atoms with Crippen molar-refractivity contribution in [1.29, 1.82) is 0 Å². The van der Waals surface area contributed by atoms with Crippen molar-refractivity contribution in [2.45, 2.75) is 29.6 Å². The van der Waals surface area contributed by atoms with E-state index in [1.807, 2.05) is 6.92 Å². The number of nitrogens with two attached hydrogens (primary N) is 1. The summed E-state index contributed by atoms with van der Waals surface area (Å²) in [7, 11) is -7.77. The molecule has 0 amide bonds. The lowest BCUT2D eigenvalue weighted by Gasteiger charge is -2.14. The summed E-state index contributed by atoms with van der Waals surface area (Å²) in [5, 5.41) is 13.9. The molecule has 0 radical (unpaired) electrons. The Bertz CT molecular complexity index is 671. The first kappa shape index (κ1) is 18.1. The highest BCUT2D eigenvalue weighted by atomic mass is 32.2. The number of aliphatic hydroxyl groups is 1. The molecule has 0 aromatic heterocycles. The van der Waals surface area contributed by atoms with Gasteiger partial charge in [-0.2, -0.15) is 0 Å². The summed E-state index contributed by atoms with van der Waals surface area (Å²) in [6.45, 7) is 2.07. The molecule has 9 heteroatoms. The number of hydrogen-bond acceptors (Lipinski definition) is 5. The second-order valence-electron chi connectivity index (χ2n) is 4.66. The van der Waals surface area contributed by atoms with E-state index in [0.29, 0.717) is 6.42 Å². The van der Waals surface area contributed by atoms with Crippen molar-refractivity contribution in [1.82, 2.24) is 4.72 Å². The van der Waals surface area contributed by atoms with Crippen LogP contribution in [0.1, 0.15) is 19.8 Å². The molecule has 7 nitrogen and oxygen atoms in total. The molecule has 0 aliphatic rings. The third-order valence-corrected chi connectivity index (χ3v) is 5.45. The van der Waals surface area contributed by atoms with E-state index in [0.717, 1.165) is 12.5 Å². The Hall–Kier alpha value is -1.00. The number of aliphatic hydroxyl groups excluding tert-OH is 1. The minimum atomic E-state index is -3.96. The van der Waals surface area contributed by atoms with Crippen molar-refractivity contribution in [2.75, 3.05) is 13.2 Å². The van der Waals surface area contributed by atoms with Crippen LogP contribution < -0.4 is 9.86 Å². The van der Waals surface area contributed by atoms with Crippen molar-refractivity contribution in [3.8, 4) is 0 Å². The van der Waals surface area contributed by atoms with Gasteiger partial charge in [-0.25, -0.2) is 26.7 Å². The zero-order chi connectivity index (χ0) is 16.1. The molecule has 0 aliphatic heterocycles. The van der Waals surface area contributed by atoms with Gasteiger partial charge in [0.1, 0.15) is 0 Å². The highest BCUT2D eigenvalue weighted by Gasteiger charge is 2.18. The quantitative estimate of drug-likeness (QED) is 0.617. The molecule has 1 unspecified atom stereocenters. The van der Waals surface area contributed by atoms with E-state index in [1.54, 1.807) is 0 Å². The van der Waals surface area contributed by atoms with E-state index in [9.17, 15) is 16.8 Å². The lowest BCUT2D eigenvalue weighted by molar-refractivity contribution is 0.254. The number of hydrogen-bond donors (Lipinski definition) is 3. The Morgan fingerprint density at radius 3 is 2.38 bits per heavy atom. The molecular formula is C12H20N2O5S2. The summed E-state index contributed by atoms with van der Waals surface area (Å²) in [4.78, 5) is -0.416. The first-order valence-electron chi connectivity index (χ1n) is 6.44. The molecule has 1 atom stereocenters. The van der Waals surface area contributed by atoms with Gasteiger partial charge in [0.2, 0.25) is 20.0 Å². The molecule has 0 fully saturated rings. The number of primary sulfonamides is 1. The van der Waals surface area contributed by atoms with Gasteiger partial charge < -0.3 is 5.11 Å². The van der Waals surface area contributed by atoms with Gasteiger partial charge in [0.25, 0.3) is 0 Å². The van der Waals surface area contributed by atoms with E-state index < -0.39 is 20.0 Å². The molecule has 21 heavy (non-hydrogen) atoms. The van der Waals surface area contributed by atoms with Crippen molar-refractivity contribution < 1.29 is 21.9 Å². The Balaban J connectivity index is 2.93. The van der Waals surface area contributed by atoms with E-state index in [-0.39, 0.29) is 28.9 Å². The van der Waals surface area contributed by atoms with Gasteiger partial charge in [-0.3, -0.25) is 0 Å². The lowest BCUT2D eigenvalue weighted by atomic mass is 10.0. The maximum absolute atomic E-state index is 12.1. The van der Waals surface area contributed by atoms with Gasteiger partial charge in [-0.05, 0) is 30.5 Å². The summed E-state index contributed by atoms with van der Waals surface area (Å²) >= 11 is 0. The van der Waals surface area contributed by atoms with Gasteiger partial charge in [0.05, 0.1) is 9.79 Å². The topological polar surface area (TPSA) is 127 Å². The number of nitrogens with one attached hydrogen (secondary N) is 1. The number of rotatable bonds is 8. The van der Waals surface area contributed by atoms with Gasteiger partial charge >= 0.3 is 0 Å². The maximum atomic E-state index is 12.1. The highest BCUT2D eigenvalue weighted by molar-refractivity contribution is 7.90. The Kier molecular flexibility index (Phi) is 6.29. The molecule has 0 aliphatic carbocycles. The summed E-state index contributed by atoms with van der Waals surface area (Å²) in [5.41, 5.74) is 0. The predicted molar refractivity (Wildman–Crippen MR) is 78.5 cm³/mol. The Morgan fingerprint density at radius 2 is 1.86 bits per heavy atom. The van der Waals surface area contributed by atoms with Crippen LogP contribution in [-0.2, 0) is 20.0 Å². The summed E-state index contributed by atoms with van der Waals surface area (Å²) in [6, 6.07) is 4.86. The van der Waals surface area contributed by atoms with Crippen LogP contribution in [0, 0.1) is 5.92 Å². The minimum Gasteiger partial charge on any atom is -0.396 e. The summed E-state index contributed by atoms with van der Waals surface area (Å²) in [5.74, 6) is 0.0196. The van der Waals surface area contributed by atoms with Gasteiger partial charge in [-0.1, -0.05) is 19.4 Å². The van der Waals surface area contributed by atoms with Crippen molar-refractivity contribution >= 4 is 20.0 Å². The van der Waals surface area contributed by atoms with Gasteiger partial charge in [0, 0.05) is 13.2 Å². The van der Waals surface area contributed by atoms with Crippen LogP contribution in [0.15, 0.2) is 34.1 Å². The average molecular weight is 336 g/mol. The third-order valence-electron chi connectivity index (χ3n) is 3.12. The average Bonchev–Trinajstić information content (AvgIpc) is 2.42. The fourth-order valence-electron chi connectivity index (χ4n) is 1.76. The summed E-state index contributed by atoms with van der Waals surface area (Å²) in [6.07, 6.45) is 1.22. The summed E-state index contributed by atoms with van der Waals surface area (Å²) < 4.78 is 49.2. The standard InChI is InChI=1S/C12H20N2O5S2/c1-2-10(6-7-15)9-14-21(18,19)12-5-3-4-11(8-12)20(13,16)17/h3-5,8,10,14-15H,2,6-7,9H2,1H3,(H2,13,16,17). The molecule has 1 aromatic carbocycles. The van der Waals surface area contributed by atoms with E-state index in [4.69, 9.17) is 10.2 Å². The molecule has 0 bridgehead atoms. The van der Waals surface area contributed by atoms with E-state index >= 15 is 0 Å². The number of sulfonamides is 2. The van der Waals surface area contributed by atoms with Crippen molar-refractivity contribution in [3.05, 3.63) is 24.3 Å². The SMILES string of the molecule is CCC(CCO)CNS(=O)(=O)c1cccc(S(N)(=O)=O)c1. The largest absolute Gasteiger partial charge is 0.396 e. The van der Waals surface area contributed by atoms with Crippen LogP contribution >= 0.6 is 0 Å². The van der Waals surface area contributed by atoms with Crippen LogP contribution in [0.3, 0.4) is 0 Å². The minimum absolute atomic E-state index is 0.0128. The molecule has 0 heterocycles. The Labute approximate surface area is 125 Å². The van der Waals surface area contributed by atoms with Gasteiger partial charge in [0.15, 0.2) is 0 Å². The van der Waals surface area contributed by atoms with Crippen LogP contribution in [0.4, 0.5) is 0 Å². The van der Waals surface area contributed by atoms with Crippen molar-refractivity contribution in [3.63, 3.8) is 0 Å². The predicted octanol–water partition coefficient (Wildman–Crippen LogP) is 0.0209. The molecule has 4 N–H and O–H groups in total. The maximum Gasteiger partial charge on any atom is 0.240 e. The molecule has 0 saturated heterocycles. The molecule has 120 valence electrons. The van der Waals surface area contributed by atoms with Crippen LogP contribution in [-0.4, -0.2) is 35.1 Å². The lowest BCUT2D eigenvalue weighted by Crippen LogP contribution is -2.30. The molecule has 1 aromatic rings. The monoisotopic (exact) mass is 336 g/mol. The smallest absolute Gasteiger partial charge is 0.240 e. The number of benzene rings is 1. The molecule has 0 saturated carbocycles. The fourth-order valence-corrected chi connectivity index (χ4v) is 3.56. The zero-order valence-electron chi connectivity index (χ0n) is 11.7. The first-order chi connectivity index (χ1) is 9.70. The van der Waals surface area contributed by atoms with Crippen LogP contribution in [0.5, 0.6) is 0 Å². The van der Waals surface area contributed by atoms with E-state index in [1.165, 1.54) is 18.2 Å².